The summed E-state index contributed by atoms with van der Waals surface area (Å²) in [5.74, 6) is 1.11. The van der Waals surface area contributed by atoms with E-state index in [1.807, 2.05) is 30.3 Å². The molecule has 1 N–H and O–H groups in total. The molecular formula is C21H22BrClO4S3. The van der Waals surface area contributed by atoms with Crippen LogP contribution in [-0.4, -0.2) is 46.3 Å². The standard InChI is InChI=1S/C21H22BrClO4S3/c22-18-9-19(28)17(12-29-14-3-1-13(23)2-4-14)16(18)11-26-10-15-5-6-20(30-15)21(25)27-8-7-24/h1-6,16-18,24H,7-12H2/t16-,17-,18?/m1/s1. The molecule has 0 radical (unpaired) electrons. The van der Waals surface area contributed by atoms with Gasteiger partial charge in [-0.2, -0.15) is 0 Å². The smallest absolute Gasteiger partial charge is 0.348 e. The van der Waals surface area contributed by atoms with Gasteiger partial charge in [-0.05, 0) is 47.7 Å². The summed E-state index contributed by atoms with van der Waals surface area (Å²) in [6.45, 7) is 0.871. The SMILES string of the molecule is O=C(OCCO)c1ccc(COC[C@H]2C(Br)CC(=S)[C@@H]2CSc2ccc(Cl)cc2)s1. The van der Waals surface area contributed by atoms with Gasteiger partial charge < -0.3 is 14.6 Å². The van der Waals surface area contributed by atoms with Crippen LogP contribution in [0, 0.1) is 11.8 Å². The van der Waals surface area contributed by atoms with Crippen LogP contribution in [0.4, 0.5) is 0 Å². The predicted molar refractivity (Wildman–Crippen MR) is 130 cm³/mol. The Kier molecular flexibility index (Phi) is 9.62. The van der Waals surface area contributed by atoms with Crippen molar-refractivity contribution in [3.05, 3.63) is 51.2 Å². The topological polar surface area (TPSA) is 55.8 Å². The number of aliphatic hydroxyl groups is 1. The molecule has 0 aliphatic heterocycles. The van der Waals surface area contributed by atoms with Crippen molar-refractivity contribution in [1.82, 2.24) is 0 Å². The molecule has 30 heavy (non-hydrogen) atoms. The van der Waals surface area contributed by atoms with E-state index in [0.717, 1.165) is 26.9 Å². The van der Waals surface area contributed by atoms with E-state index in [-0.39, 0.29) is 13.2 Å². The minimum Gasteiger partial charge on any atom is -0.459 e. The summed E-state index contributed by atoms with van der Waals surface area (Å²) in [5, 5.41) is 9.49. The van der Waals surface area contributed by atoms with Gasteiger partial charge in [0.25, 0.3) is 0 Å². The molecule has 3 rings (SSSR count). The molecule has 1 unspecified atom stereocenters. The lowest BCUT2D eigenvalue weighted by Crippen LogP contribution is -2.24. The fourth-order valence-electron chi connectivity index (χ4n) is 3.21. The zero-order valence-electron chi connectivity index (χ0n) is 16.1. The Balaban J connectivity index is 1.50. The van der Waals surface area contributed by atoms with Gasteiger partial charge in [-0.15, -0.1) is 23.1 Å². The minimum absolute atomic E-state index is 0.00617. The molecule has 2 aromatic rings. The molecule has 1 aliphatic rings. The van der Waals surface area contributed by atoms with Crippen LogP contribution in [0.25, 0.3) is 0 Å². The first-order chi connectivity index (χ1) is 14.5. The largest absolute Gasteiger partial charge is 0.459 e. The number of carbonyl (C=O) groups is 1. The lowest BCUT2D eigenvalue weighted by molar-refractivity contribution is 0.0439. The van der Waals surface area contributed by atoms with Crippen LogP contribution in [0.3, 0.4) is 0 Å². The Morgan fingerprint density at radius 1 is 1.30 bits per heavy atom. The van der Waals surface area contributed by atoms with Gasteiger partial charge in [0.1, 0.15) is 11.5 Å². The summed E-state index contributed by atoms with van der Waals surface area (Å²) in [5.41, 5.74) is 0. The highest BCUT2D eigenvalue weighted by Crippen LogP contribution is 2.39. The molecule has 1 fully saturated rings. The second-order valence-electron chi connectivity index (χ2n) is 6.86. The molecule has 1 saturated carbocycles. The number of hydrogen-bond acceptors (Lipinski definition) is 7. The van der Waals surface area contributed by atoms with Gasteiger partial charge in [0.15, 0.2) is 0 Å². The van der Waals surface area contributed by atoms with Crippen molar-refractivity contribution in [2.45, 2.75) is 22.8 Å². The van der Waals surface area contributed by atoms with E-state index in [1.54, 1.807) is 17.8 Å². The summed E-state index contributed by atoms with van der Waals surface area (Å²) in [7, 11) is 0. The minimum atomic E-state index is -0.416. The quantitative estimate of drug-likeness (QED) is 0.179. The highest BCUT2D eigenvalue weighted by molar-refractivity contribution is 9.09. The molecule has 4 nitrogen and oxygen atoms in total. The molecule has 1 heterocycles. The number of rotatable bonds is 10. The third-order valence-electron chi connectivity index (χ3n) is 4.78. The van der Waals surface area contributed by atoms with Gasteiger partial charge in [0.05, 0.1) is 19.8 Å². The number of hydrogen-bond donors (Lipinski definition) is 1. The van der Waals surface area contributed by atoms with Crippen LogP contribution in [0.15, 0.2) is 41.3 Å². The second-order valence-corrected chi connectivity index (χ2v) is 11.3. The monoisotopic (exact) mass is 548 g/mol. The number of thiophene rings is 1. The zero-order chi connectivity index (χ0) is 21.5. The molecular weight excluding hydrogens is 528 g/mol. The highest BCUT2D eigenvalue weighted by Gasteiger charge is 2.38. The Bertz CT molecular complexity index is 858. The lowest BCUT2D eigenvalue weighted by Gasteiger charge is -2.21. The molecule has 1 aromatic heterocycles. The van der Waals surface area contributed by atoms with Crippen LogP contribution >= 0.6 is 62.8 Å². The van der Waals surface area contributed by atoms with Gasteiger partial charge in [-0.3, -0.25) is 0 Å². The van der Waals surface area contributed by atoms with E-state index < -0.39 is 5.97 Å². The number of thiocarbonyl (C=S) groups is 1. The molecule has 0 amide bonds. The summed E-state index contributed by atoms with van der Waals surface area (Å²) in [6, 6.07) is 11.5. The molecule has 0 saturated heterocycles. The molecule has 0 bridgehead atoms. The van der Waals surface area contributed by atoms with E-state index in [2.05, 4.69) is 15.9 Å². The Hall–Kier alpha value is -0.480. The van der Waals surface area contributed by atoms with E-state index in [9.17, 15) is 4.79 Å². The molecule has 9 heteroatoms. The van der Waals surface area contributed by atoms with Crippen LogP contribution in [0.2, 0.25) is 5.02 Å². The first kappa shape index (κ1) is 24.2. The van der Waals surface area contributed by atoms with Crippen molar-refractivity contribution < 1.29 is 19.4 Å². The van der Waals surface area contributed by atoms with Crippen molar-refractivity contribution in [3.63, 3.8) is 0 Å². The molecule has 162 valence electrons. The highest BCUT2D eigenvalue weighted by atomic mass is 79.9. The normalized spacial score (nSPS) is 21.2. The summed E-state index contributed by atoms with van der Waals surface area (Å²) in [6.07, 6.45) is 0.884. The summed E-state index contributed by atoms with van der Waals surface area (Å²) >= 11 is 18.5. The fourth-order valence-corrected chi connectivity index (χ4v) is 6.95. The third kappa shape index (κ3) is 6.76. The summed E-state index contributed by atoms with van der Waals surface area (Å²) < 4.78 is 10.9. The summed E-state index contributed by atoms with van der Waals surface area (Å²) in [4.78, 5) is 15.9. The maximum absolute atomic E-state index is 11.8. The van der Waals surface area contributed by atoms with E-state index in [1.165, 1.54) is 16.2 Å². The second kappa shape index (κ2) is 11.9. The third-order valence-corrected chi connectivity index (χ3v) is 8.67. The van der Waals surface area contributed by atoms with Crippen molar-refractivity contribution in [3.8, 4) is 0 Å². The number of aliphatic hydroxyl groups excluding tert-OH is 1. The van der Waals surface area contributed by atoms with Crippen LogP contribution in [0.1, 0.15) is 21.0 Å². The number of carbonyl (C=O) groups excluding carboxylic acids is 1. The maximum Gasteiger partial charge on any atom is 0.348 e. The van der Waals surface area contributed by atoms with Crippen LogP contribution in [-0.2, 0) is 16.1 Å². The van der Waals surface area contributed by atoms with Crippen molar-refractivity contribution in [2.24, 2.45) is 11.8 Å². The Morgan fingerprint density at radius 3 is 2.80 bits per heavy atom. The van der Waals surface area contributed by atoms with Crippen LogP contribution < -0.4 is 0 Å². The maximum atomic E-state index is 11.8. The van der Waals surface area contributed by atoms with Crippen molar-refractivity contribution >= 4 is 73.7 Å². The zero-order valence-corrected chi connectivity index (χ0v) is 20.9. The predicted octanol–water partition coefficient (Wildman–Crippen LogP) is 5.63. The number of benzene rings is 1. The Morgan fingerprint density at radius 2 is 2.07 bits per heavy atom. The molecule has 3 atom stereocenters. The fraction of sp³-hybridized carbons (Fsp3) is 0.429. The average Bonchev–Trinajstić information content (AvgIpc) is 3.30. The number of esters is 1. The number of alkyl halides is 1. The number of halogens is 2. The first-order valence-corrected chi connectivity index (χ1v) is 13.0. The lowest BCUT2D eigenvalue weighted by atomic mass is 9.99. The molecule has 1 aliphatic carbocycles. The van der Waals surface area contributed by atoms with E-state index in [0.29, 0.717) is 34.8 Å². The van der Waals surface area contributed by atoms with Gasteiger partial charge in [-0.1, -0.05) is 39.7 Å². The van der Waals surface area contributed by atoms with Gasteiger partial charge >= 0.3 is 5.97 Å². The molecule has 1 aromatic carbocycles. The molecule has 0 spiro atoms. The average molecular weight is 550 g/mol. The van der Waals surface area contributed by atoms with Crippen molar-refractivity contribution in [1.29, 1.82) is 0 Å². The van der Waals surface area contributed by atoms with Crippen LogP contribution in [0.5, 0.6) is 0 Å². The van der Waals surface area contributed by atoms with Crippen molar-refractivity contribution in [2.75, 3.05) is 25.6 Å². The van der Waals surface area contributed by atoms with Gasteiger partial charge in [0, 0.05) is 37.2 Å². The first-order valence-electron chi connectivity index (χ1n) is 9.47. The Labute approximate surface area is 203 Å². The van der Waals surface area contributed by atoms with E-state index in [4.69, 9.17) is 38.4 Å². The van der Waals surface area contributed by atoms with E-state index >= 15 is 0 Å². The van der Waals surface area contributed by atoms with Gasteiger partial charge in [0.2, 0.25) is 0 Å². The number of thioether (sulfide) groups is 1. The number of ether oxygens (including phenoxy) is 2. The van der Waals surface area contributed by atoms with Gasteiger partial charge in [-0.25, -0.2) is 4.79 Å².